The van der Waals surface area contributed by atoms with Crippen molar-refractivity contribution >= 4 is 29.0 Å². The molecule has 1 atom stereocenters. The molecule has 0 aromatic carbocycles. The van der Waals surface area contributed by atoms with Gasteiger partial charge >= 0.3 is 6.09 Å². The second-order valence-corrected chi connectivity index (χ2v) is 7.28. The van der Waals surface area contributed by atoms with Gasteiger partial charge in [0.15, 0.2) is 0 Å². The lowest BCUT2D eigenvalue weighted by Crippen LogP contribution is -2.49. The van der Waals surface area contributed by atoms with Crippen molar-refractivity contribution in [2.24, 2.45) is 0 Å². The second-order valence-electron chi connectivity index (χ2n) is 5.54. The molecule has 0 bridgehead atoms. The number of nitrogens with zero attached hydrogens (tertiary/aromatic N) is 1. The molecule has 1 aromatic rings. The van der Waals surface area contributed by atoms with E-state index in [2.05, 4.69) is 5.32 Å². The molecule has 1 fully saturated rings. The minimum atomic E-state index is -0.473. The van der Waals surface area contributed by atoms with Crippen molar-refractivity contribution < 1.29 is 9.53 Å². The Kier molecular flexibility index (Phi) is 4.38. The molecule has 6 heteroatoms. The van der Waals surface area contributed by atoms with Crippen LogP contribution in [0.4, 0.5) is 4.79 Å². The first-order valence-corrected chi connectivity index (χ1v) is 7.52. The van der Waals surface area contributed by atoms with E-state index in [1.807, 2.05) is 32.9 Å². The van der Waals surface area contributed by atoms with Crippen molar-refractivity contribution in [3.05, 3.63) is 21.3 Å². The van der Waals surface area contributed by atoms with Gasteiger partial charge in [-0.3, -0.25) is 4.90 Å². The topological polar surface area (TPSA) is 41.6 Å². The van der Waals surface area contributed by atoms with Crippen LogP contribution in [0.5, 0.6) is 0 Å². The van der Waals surface area contributed by atoms with Gasteiger partial charge in [-0.2, -0.15) is 0 Å². The summed E-state index contributed by atoms with van der Waals surface area (Å²) in [6.45, 7) is 7.80. The largest absolute Gasteiger partial charge is 0.444 e. The fourth-order valence-corrected chi connectivity index (χ4v) is 3.18. The highest BCUT2D eigenvalue weighted by Gasteiger charge is 2.32. The van der Waals surface area contributed by atoms with Crippen LogP contribution in [0.2, 0.25) is 4.34 Å². The van der Waals surface area contributed by atoms with Gasteiger partial charge in [-0.15, -0.1) is 11.3 Å². The summed E-state index contributed by atoms with van der Waals surface area (Å²) >= 11 is 7.49. The maximum atomic E-state index is 12.3. The molecule has 2 rings (SSSR count). The normalized spacial score (nSPS) is 20.4. The molecule has 1 amide bonds. The predicted octanol–water partition coefficient (Wildman–Crippen LogP) is 3.28. The van der Waals surface area contributed by atoms with Crippen LogP contribution >= 0.6 is 22.9 Å². The van der Waals surface area contributed by atoms with E-state index in [0.717, 1.165) is 22.3 Å². The fourth-order valence-electron chi connectivity index (χ4n) is 2.00. The number of nitrogens with one attached hydrogen (secondary N) is 1. The smallest absolute Gasteiger partial charge is 0.410 e. The maximum Gasteiger partial charge on any atom is 0.410 e. The van der Waals surface area contributed by atoms with Crippen molar-refractivity contribution in [1.82, 2.24) is 10.2 Å². The highest BCUT2D eigenvalue weighted by atomic mass is 35.5. The molecule has 1 unspecified atom stereocenters. The van der Waals surface area contributed by atoms with Gasteiger partial charge in [0.1, 0.15) is 5.60 Å². The number of hydrogen-bond donors (Lipinski definition) is 1. The lowest BCUT2D eigenvalue weighted by atomic mass is 10.1. The number of hydrogen-bond acceptors (Lipinski definition) is 4. The van der Waals surface area contributed by atoms with E-state index in [-0.39, 0.29) is 12.1 Å². The maximum absolute atomic E-state index is 12.3. The van der Waals surface area contributed by atoms with Gasteiger partial charge in [0.05, 0.1) is 10.4 Å². The number of carbonyl (C=O) groups excluding carboxylic acids is 1. The minimum absolute atomic E-state index is 0.00102. The van der Waals surface area contributed by atoms with E-state index in [1.54, 1.807) is 4.90 Å². The number of halogens is 1. The molecule has 4 nitrogen and oxygen atoms in total. The summed E-state index contributed by atoms with van der Waals surface area (Å²) in [4.78, 5) is 15.1. The van der Waals surface area contributed by atoms with E-state index < -0.39 is 5.60 Å². The highest BCUT2D eigenvalue weighted by Crippen LogP contribution is 2.32. The zero-order valence-electron chi connectivity index (χ0n) is 11.4. The van der Waals surface area contributed by atoms with Gasteiger partial charge in [-0.05, 0) is 32.9 Å². The van der Waals surface area contributed by atoms with Crippen LogP contribution in [-0.2, 0) is 4.74 Å². The third kappa shape index (κ3) is 3.84. The van der Waals surface area contributed by atoms with Crippen LogP contribution in [-0.4, -0.2) is 36.2 Å². The Morgan fingerprint density at radius 1 is 1.53 bits per heavy atom. The molecule has 19 heavy (non-hydrogen) atoms. The van der Waals surface area contributed by atoms with E-state index >= 15 is 0 Å². The first kappa shape index (κ1) is 14.6. The molecular formula is C13H19ClN2O2S. The van der Waals surface area contributed by atoms with Crippen LogP contribution in [0.3, 0.4) is 0 Å². The third-order valence-corrected chi connectivity index (χ3v) is 4.13. The van der Waals surface area contributed by atoms with Gasteiger partial charge in [0.2, 0.25) is 0 Å². The Morgan fingerprint density at radius 2 is 2.26 bits per heavy atom. The zero-order valence-corrected chi connectivity index (χ0v) is 13.0. The lowest BCUT2D eigenvalue weighted by molar-refractivity contribution is 0.0122. The first-order valence-electron chi connectivity index (χ1n) is 6.32. The van der Waals surface area contributed by atoms with Crippen LogP contribution in [0.1, 0.15) is 31.7 Å². The molecule has 1 saturated heterocycles. The van der Waals surface area contributed by atoms with Gasteiger partial charge in [0.25, 0.3) is 0 Å². The van der Waals surface area contributed by atoms with Crippen molar-refractivity contribution in [2.45, 2.75) is 32.4 Å². The molecule has 1 aromatic heterocycles. The number of rotatable bonds is 1. The summed E-state index contributed by atoms with van der Waals surface area (Å²) in [7, 11) is 0. The molecule has 0 saturated carbocycles. The number of piperazine rings is 1. The number of ether oxygens (including phenoxy) is 1. The van der Waals surface area contributed by atoms with Gasteiger partial charge in [-0.1, -0.05) is 11.6 Å². The van der Waals surface area contributed by atoms with Crippen LogP contribution in [0, 0.1) is 0 Å². The minimum Gasteiger partial charge on any atom is -0.444 e. The van der Waals surface area contributed by atoms with E-state index in [4.69, 9.17) is 16.3 Å². The molecule has 0 radical (unpaired) electrons. The quantitative estimate of drug-likeness (QED) is 0.865. The summed E-state index contributed by atoms with van der Waals surface area (Å²) in [6, 6.07) is 3.84. The molecular weight excluding hydrogens is 284 g/mol. The summed E-state index contributed by atoms with van der Waals surface area (Å²) in [5.41, 5.74) is -0.473. The van der Waals surface area contributed by atoms with E-state index in [9.17, 15) is 4.79 Å². The molecule has 1 aliphatic heterocycles. The Morgan fingerprint density at radius 3 is 2.84 bits per heavy atom. The van der Waals surface area contributed by atoms with Crippen molar-refractivity contribution in [1.29, 1.82) is 0 Å². The monoisotopic (exact) mass is 302 g/mol. The number of thiophene rings is 1. The standard InChI is InChI=1S/C13H19ClN2O2S/c1-13(2,3)18-12(17)16-7-6-15-8-9(16)10-4-5-11(14)19-10/h4-5,9,15H,6-8H2,1-3H3. The van der Waals surface area contributed by atoms with Crippen molar-refractivity contribution in [3.8, 4) is 0 Å². The molecule has 106 valence electrons. The Bertz CT molecular complexity index is 456. The Labute approximate surface area is 122 Å². The van der Waals surface area contributed by atoms with E-state index in [1.165, 1.54) is 11.3 Å². The Hall–Kier alpha value is -0.780. The van der Waals surface area contributed by atoms with Gasteiger partial charge < -0.3 is 10.1 Å². The number of carbonyl (C=O) groups is 1. The Balaban J connectivity index is 2.14. The average molecular weight is 303 g/mol. The molecule has 1 N–H and O–H groups in total. The van der Waals surface area contributed by atoms with Crippen LogP contribution < -0.4 is 5.32 Å². The predicted molar refractivity (Wildman–Crippen MR) is 77.9 cm³/mol. The van der Waals surface area contributed by atoms with Crippen LogP contribution in [0.25, 0.3) is 0 Å². The first-order chi connectivity index (χ1) is 8.87. The lowest BCUT2D eigenvalue weighted by Gasteiger charge is -2.36. The second kappa shape index (κ2) is 5.69. The number of amides is 1. The van der Waals surface area contributed by atoms with Crippen molar-refractivity contribution in [3.63, 3.8) is 0 Å². The zero-order chi connectivity index (χ0) is 14.0. The fraction of sp³-hybridized carbons (Fsp3) is 0.615. The summed E-state index contributed by atoms with van der Waals surface area (Å²) in [5.74, 6) is 0. The molecule has 0 spiro atoms. The summed E-state index contributed by atoms with van der Waals surface area (Å²) < 4.78 is 6.21. The molecule has 2 heterocycles. The third-order valence-electron chi connectivity index (χ3n) is 2.79. The highest BCUT2D eigenvalue weighted by molar-refractivity contribution is 7.16. The summed E-state index contributed by atoms with van der Waals surface area (Å²) in [5, 5.41) is 3.30. The van der Waals surface area contributed by atoms with Crippen molar-refractivity contribution in [2.75, 3.05) is 19.6 Å². The molecule has 0 aliphatic carbocycles. The molecule has 1 aliphatic rings. The SMILES string of the molecule is CC(C)(C)OC(=O)N1CCNCC1c1ccc(Cl)s1. The van der Waals surface area contributed by atoms with Gasteiger partial charge in [-0.25, -0.2) is 4.79 Å². The van der Waals surface area contributed by atoms with Crippen LogP contribution in [0.15, 0.2) is 12.1 Å². The summed E-state index contributed by atoms with van der Waals surface area (Å²) in [6.07, 6.45) is -0.261. The van der Waals surface area contributed by atoms with E-state index in [0.29, 0.717) is 6.54 Å². The van der Waals surface area contributed by atoms with Gasteiger partial charge in [0, 0.05) is 24.5 Å². The average Bonchev–Trinajstić information content (AvgIpc) is 2.73.